The number of hydrogen-bond acceptors (Lipinski definition) is 4. The fourth-order valence-corrected chi connectivity index (χ4v) is 2.87. The van der Waals surface area contributed by atoms with Crippen LogP contribution in [-0.2, 0) is 0 Å². The molecular formula is C15H11ClF2N2O3S. The van der Waals surface area contributed by atoms with Crippen LogP contribution in [0.5, 0.6) is 0 Å². The minimum atomic E-state index is -2.71. The van der Waals surface area contributed by atoms with Crippen molar-refractivity contribution in [1.82, 2.24) is 0 Å². The van der Waals surface area contributed by atoms with E-state index >= 15 is 0 Å². The molecule has 0 aliphatic heterocycles. The second kappa shape index (κ2) is 7.59. The van der Waals surface area contributed by atoms with Gasteiger partial charge in [-0.05, 0) is 25.1 Å². The van der Waals surface area contributed by atoms with Crippen molar-refractivity contribution < 1.29 is 18.5 Å². The molecule has 0 saturated carbocycles. The van der Waals surface area contributed by atoms with Crippen molar-refractivity contribution >= 4 is 40.6 Å². The molecule has 0 aliphatic carbocycles. The molecule has 1 amide bonds. The highest BCUT2D eigenvalue weighted by molar-refractivity contribution is 7.99. The molecule has 0 heterocycles. The Morgan fingerprint density at radius 2 is 2.04 bits per heavy atom. The Morgan fingerprint density at radius 3 is 2.67 bits per heavy atom. The predicted molar refractivity (Wildman–Crippen MR) is 89.1 cm³/mol. The summed E-state index contributed by atoms with van der Waals surface area (Å²) in [5, 5.41) is 13.5. The summed E-state index contributed by atoms with van der Waals surface area (Å²) in [6.45, 7) is 1.55. The van der Waals surface area contributed by atoms with E-state index in [2.05, 4.69) is 5.32 Å². The zero-order valence-electron chi connectivity index (χ0n) is 12.3. The summed E-state index contributed by atoms with van der Waals surface area (Å²) < 4.78 is 25.3. The van der Waals surface area contributed by atoms with Crippen LogP contribution in [0.1, 0.15) is 15.9 Å². The lowest BCUT2D eigenvalue weighted by Crippen LogP contribution is -2.13. The molecule has 0 aliphatic rings. The van der Waals surface area contributed by atoms with Crippen LogP contribution in [0, 0.1) is 17.0 Å². The Hall–Kier alpha value is -2.19. The van der Waals surface area contributed by atoms with E-state index in [9.17, 15) is 23.7 Å². The number of nitrogens with zero attached hydrogens (tertiary/aromatic N) is 1. The Labute approximate surface area is 145 Å². The van der Waals surface area contributed by atoms with Gasteiger partial charge in [-0.2, -0.15) is 8.78 Å². The normalized spacial score (nSPS) is 10.7. The van der Waals surface area contributed by atoms with E-state index in [0.29, 0.717) is 5.56 Å². The van der Waals surface area contributed by atoms with Gasteiger partial charge in [-0.1, -0.05) is 35.5 Å². The Bertz CT molecular complexity index is 802. The third-order valence-electron chi connectivity index (χ3n) is 3.09. The zero-order chi connectivity index (χ0) is 17.9. The fraction of sp³-hybridized carbons (Fsp3) is 0.133. The second-order valence-electron chi connectivity index (χ2n) is 4.71. The highest BCUT2D eigenvalue weighted by Gasteiger charge is 2.18. The second-order valence-corrected chi connectivity index (χ2v) is 6.12. The SMILES string of the molecule is Cc1ccc(C(=O)Nc2cccc(Cl)c2SC(F)F)cc1[N+](=O)[O-]. The number of nitro groups is 1. The van der Waals surface area contributed by atoms with Gasteiger partial charge in [-0.25, -0.2) is 0 Å². The molecule has 2 aromatic carbocycles. The summed E-state index contributed by atoms with van der Waals surface area (Å²) >= 11 is 6.11. The molecule has 126 valence electrons. The first-order valence-corrected chi connectivity index (χ1v) is 7.85. The van der Waals surface area contributed by atoms with Gasteiger partial charge in [0.05, 0.1) is 20.5 Å². The van der Waals surface area contributed by atoms with E-state index < -0.39 is 16.6 Å². The van der Waals surface area contributed by atoms with Gasteiger partial charge in [0, 0.05) is 17.2 Å². The van der Waals surface area contributed by atoms with Crippen molar-refractivity contribution in [2.75, 3.05) is 5.32 Å². The molecule has 5 nitrogen and oxygen atoms in total. The average Bonchev–Trinajstić information content (AvgIpc) is 2.50. The van der Waals surface area contributed by atoms with Crippen molar-refractivity contribution in [2.24, 2.45) is 0 Å². The van der Waals surface area contributed by atoms with Gasteiger partial charge in [0.1, 0.15) is 0 Å². The van der Waals surface area contributed by atoms with Crippen molar-refractivity contribution in [3.05, 3.63) is 62.7 Å². The number of carbonyl (C=O) groups excluding carboxylic acids is 1. The van der Waals surface area contributed by atoms with E-state index in [4.69, 9.17) is 11.6 Å². The number of halogens is 3. The Balaban J connectivity index is 2.32. The smallest absolute Gasteiger partial charge is 0.289 e. The number of rotatable bonds is 5. The van der Waals surface area contributed by atoms with Crippen molar-refractivity contribution in [1.29, 1.82) is 0 Å². The quantitative estimate of drug-likeness (QED) is 0.449. The third kappa shape index (κ3) is 4.21. The highest BCUT2D eigenvalue weighted by atomic mass is 35.5. The first-order valence-electron chi connectivity index (χ1n) is 6.59. The molecule has 0 unspecified atom stereocenters. The van der Waals surface area contributed by atoms with Gasteiger partial charge in [-0.3, -0.25) is 14.9 Å². The number of aryl methyl sites for hydroxylation is 1. The van der Waals surface area contributed by atoms with Gasteiger partial charge in [0.25, 0.3) is 17.4 Å². The largest absolute Gasteiger partial charge is 0.321 e. The minimum Gasteiger partial charge on any atom is -0.321 e. The van der Waals surface area contributed by atoms with Crippen LogP contribution in [-0.4, -0.2) is 16.6 Å². The first-order chi connectivity index (χ1) is 11.3. The molecule has 9 heteroatoms. The number of carbonyl (C=O) groups is 1. The Kier molecular flexibility index (Phi) is 5.74. The van der Waals surface area contributed by atoms with Gasteiger partial charge in [0.15, 0.2) is 0 Å². The van der Waals surface area contributed by atoms with E-state index in [1.165, 1.54) is 30.3 Å². The van der Waals surface area contributed by atoms with Gasteiger partial charge >= 0.3 is 0 Å². The lowest BCUT2D eigenvalue weighted by atomic mass is 10.1. The van der Waals surface area contributed by atoms with E-state index in [1.807, 2.05) is 0 Å². The summed E-state index contributed by atoms with van der Waals surface area (Å²) in [6.07, 6.45) is 0. The zero-order valence-corrected chi connectivity index (χ0v) is 13.8. The molecule has 1 N–H and O–H groups in total. The monoisotopic (exact) mass is 372 g/mol. The van der Waals surface area contributed by atoms with Gasteiger partial charge < -0.3 is 5.32 Å². The molecule has 0 fully saturated rings. The first kappa shape index (κ1) is 18.2. The molecule has 0 atom stereocenters. The predicted octanol–water partition coefficient (Wildman–Crippen LogP) is 5.12. The lowest BCUT2D eigenvalue weighted by molar-refractivity contribution is -0.385. The molecule has 24 heavy (non-hydrogen) atoms. The number of hydrogen-bond donors (Lipinski definition) is 1. The topological polar surface area (TPSA) is 72.2 Å². The van der Waals surface area contributed by atoms with Crippen molar-refractivity contribution in [3.8, 4) is 0 Å². The maximum atomic E-state index is 12.6. The average molecular weight is 373 g/mol. The molecular weight excluding hydrogens is 362 g/mol. The molecule has 2 aromatic rings. The van der Waals surface area contributed by atoms with Crippen LogP contribution in [0.4, 0.5) is 20.2 Å². The summed E-state index contributed by atoms with van der Waals surface area (Å²) in [5.74, 6) is -3.36. The molecule has 0 radical (unpaired) electrons. The van der Waals surface area contributed by atoms with E-state index in [1.54, 1.807) is 6.92 Å². The summed E-state index contributed by atoms with van der Waals surface area (Å²) in [7, 11) is 0. The molecule has 0 spiro atoms. The summed E-state index contributed by atoms with van der Waals surface area (Å²) in [4.78, 5) is 22.7. The summed E-state index contributed by atoms with van der Waals surface area (Å²) in [5.41, 5.74) is 0.366. The fourth-order valence-electron chi connectivity index (χ4n) is 1.96. The Morgan fingerprint density at radius 1 is 1.33 bits per heavy atom. The highest BCUT2D eigenvalue weighted by Crippen LogP contribution is 2.37. The minimum absolute atomic E-state index is 0.0316. The standard InChI is InChI=1S/C15H11ClF2N2O3S/c1-8-5-6-9(7-12(8)20(22)23)14(21)19-11-4-2-3-10(16)13(11)24-15(17)18/h2-7,15H,1H3,(H,19,21). The van der Waals surface area contributed by atoms with Crippen LogP contribution in [0.2, 0.25) is 5.02 Å². The number of nitro benzene ring substituents is 1. The number of anilines is 1. The molecule has 2 rings (SSSR count). The number of nitrogens with one attached hydrogen (secondary N) is 1. The number of amides is 1. The van der Waals surface area contributed by atoms with Gasteiger partial charge in [-0.15, -0.1) is 0 Å². The van der Waals surface area contributed by atoms with Crippen LogP contribution >= 0.6 is 23.4 Å². The van der Waals surface area contributed by atoms with Crippen molar-refractivity contribution in [2.45, 2.75) is 17.6 Å². The summed E-state index contributed by atoms with van der Waals surface area (Å²) in [6, 6.07) is 8.36. The third-order valence-corrected chi connectivity index (χ3v) is 4.37. The van der Waals surface area contributed by atoms with Crippen LogP contribution in [0.15, 0.2) is 41.3 Å². The van der Waals surface area contributed by atoms with E-state index in [-0.39, 0.29) is 38.6 Å². The number of thioether (sulfide) groups is 1. The number of benzene rings is 2. The van der Waals surface area contributed by atoms with Gasteiger partial charge in [0.2, 0.25) is 0 Å². The van der Waals surface area contributed by atoms with Crippen molar-refractivity contribution in [3.63, 3.8) is 0 Å². The maximum Gasteiger partial charge on any atom is 0.289 e. The lowest BCUT2D eigenvalue weighted by Gasteiger charge is -2.12. The molecule has 0 saturated heterocycles. The van der Waals surface area contributed by atoms with Crippen LogP contribution in [0.3, 0.4) is 0 Å². The number of alkyl halides is 2. The molecule has 0 bridgehead atoms. The molecule has 0 aromatic heterocycles. The van der Waals surface area contributed by atoms with Crippen LogP contribution < -0.4 is 5.32 Å². The maximum absolute atomic E-state index is 12.6. The van der Waals surface area contributed by atoms with E-state index in [0.717, 1.165) is 6.07 Å². The van der Waals surface area contributed by atoms with Crippen LogP contribution in [0.25, 0.3) is 0 Å².